The number of hydrogen-bond acceptors (Lipinski definition) is 3. The summed E-state index contributed by atoms with van der Waals surface area (Å²) >= 11 is 6.10. The zero-order chi connectivity index (χ0) is 13.0. The lowest BCUT2D eigenvalue weighted by Crippen LogP contribution is -2.27. The summed E-state index contributed by atoms with van der Waals surface area (Å²) in [7, 11) is 1.52. The van der Waals surface area contributed by atoms with E-state index in [-0.39, 0.29) is 18.4 Å². The number of carboxylic acid groups (broad SMARTS) is 1. The van der Waals surface area contributed by atoms with Crippen molar-refractivity contribution in [2.75, 3.05) is 7.11 Å². The highest BCUT2D eigenvalue weighted by atomic mass is 35.5. The standard InChI is InChI=1S/C12H16ClNO3/c1-7(14)8(6-11(15)16)12-9(13)4-3-5-10(12)17-2/h3-5,7-8H,6,14H2,1-2H3,(H,15,16). The lowest BCUT2D eigenvalue weighted by molar-refractivity contribution is -0.137. The van der Waals surface area contributed by atoms with Crippen LogP contribution in [-0.4, -0.2) is 24.2 Å². The maximum absolute atomic E-state index is 10.9. The van der Waals surface area contributed by atoms with Crippen LogP contribution in [0.5, 0.6) is 5.75 Å². The molecule has 2 unspecified atom stereocenters. The van der Waals surface area contributed by atoms with Crippen molar-refractivity contribution in [2.45, 2.75) is 25.3 Å². The van der Waals surface area contributed by atoms with E-state index in [1.54, 1.807) is 25.1 Å². The SMILES string of the molecule is COc1cccc(Cl)c1C(CC(=O)O)C(C)N. The van der Waals surface area contributed by atoms with Crippen molar-refractivity contribution in [3.63, 3.8) is 0 Å². The average molecular weight is 258 g/mol. The van der Waals surface area contributed by atoms with Gasteiger partial charge in [0, 0.05) is 22.5 Å². The topological polar surface area (TPSA) is 72.5 Å². The molecule has 0 spiro atoms. The van der Waals surface area contributed by atoms with Crippen LogP contribution in [0.15, 0.2) is 18.2 Å². The van der Waals surface area contributed by atoms with Gasteiger partial charge in [0.2, 0.25) is 0 Å². The van der Waals surface area contributed by atoms with Crippen LogP contribution in [0.2, 0.25) is 5.02 Å². The maximum atomic E-state index is 10.9. The number of benzene rings is 1. The first kappa shape index (κ1) is 13.8. The summed E-state index contributed by atoms with van der Waals surface area (Å²) in [5.41, 5.74) is 6.49. The summed E-state index contributed by atoms with van der Waals surface area (Å²) in [4.78, 5) is 10.9. The second-order valence-electron chi connectivity index (χ2n) is 3.92. The summed E-state index contributed by atoms with van der Waals surface area (Å²) in [6.45, 7) is 1.76. The van der Waals surface area contributed by atoms with E-state index in [1.165, 1.54) is 7.11 Å². The molecule has 0 fully saturated rings. The van der Waals surface area contributed by atoms with Crippen molar-refractivity contribution in [3.05, 3.63) is 28.8 Å². The lowest BCUT2D eigenvalue weighted by Gasteiger charge is -2.22. The highest BCUT2D eigenvalue weighted by Crippen LogP contribution is 2.36. The van der Waals surface area contributed by atoms with Crippen molar-refractivity contribution >= 4 is 17.6 Å². The number of rotatable bonds is 5. The van der Waals surface area contributed by atoms with Gasteiger partial charge in [0.25, 0.3) is 0 Å². The van der Waals surface area contributed by atoms with Gasteiger partial charge in [-0.05, 0) is 19.1 Å². The molecule has 0 amide bonds. The molecule has 2 atom stereocenters. The number of methoxy groups -OCH3 is 1. The van der Waals surface area contributed by atoms with Gasteiger partial charge in [0.05, 0.1) is 13.5 Å². The van der Waals surface area contributed by atoms with Crippen LogP contribution in [0, 0.1) is 0 Å². The number of hydrogen-bond donors (Lipinski definition) is 2. The number of aliphatic carboxylic acids is 1. The van der Waals surface area contributed by atoms with E-state index in [9.17, 15) is 4.79 Å². The van der Waals surface area contributed by atoms with Gasteiger partial charge in [0.15, 0.2) is 0 Å². The molecule has 0 heterocycles. The van der Waals surface area contributed by atoms with Crippen molar-refractivity contribution in [1.82, 2.24) is 0 Å². The van der Waals surface area contributed by atoms with E-state index in [0.717, 1.165) is 0 Å². The maximum Gasteiger partial charge on any atom is 0.304 e. The smallest absolute Gasteiger partial charge is 0.304 e. The zero-order valence-electron chi connectivity index (χ0n) is 9.81. The molecular formula is C12H16ClNO3. The molecule has 0 radical (unpaired) electrons. The Morgan fingerprint density at radius 2 is 2.24 bits per heavy atom. The molecule has 0 aliphatic carbocycles. The minimum Gasteiger partial charge on any atom is -0.496 e. The molecule has 17 heavy (non-hydrogen) atoms. The average Bonchev–Trinajstić information content (AvgIpc) is 2.25. The van der Waals surface area contributed by atoms with Gasteiger partial charge < -0.3 is 15.6 Å². The first-order chi connectivity index (χ1) is 7.97. The molecule has 3 N–H and O–H groups in total. The van der Waals surface area contributed by atoms with Crippen molar-refractivity contribution in [3.8, 4) is 5.75 Å². The highest BCUT2D eigenvalue weighted by molar-refractivity contribution is 6.31. The van der Waals surface area contributed by atoms with E-state index in [0.29, 0.717) is 16.3 Å². The van der Waals surface area contributed by atoms with Crippen LogP contribution in [0.1, 0.15) is 24.8 Å². The van der Waals surface area contributed by atoms with E-state index in [1.807, 2.05) is 0 Å². The van der Waals surface area contributed by atoms with Gasteiger partial charge >= 0.3 is 5.97 Å². The fourth-order valence-electron chi connectivity index (χ4n) is 1.79. The number of carboxylic acids is 1. The molecule has 1 aromatic carbocycles. The van der Waals surface area contributed by atoms with Crippen LogP contribution in [0.3, 0.4) is 0 Å². The molecule has 94 valence electrons. The monoisotopic (exact) mass is 257 g/mol. The summed E-state index contributed by atoms with van der Waals surface area (Å²) < 4.78 is 5.21. The highest BCUT2D eigenvalue weighted by Gasteiger charge is 2.25. The molecule has 1 rings (SSSR count). The minimum atomic E-state index is -0.908. The number of halogens is 1. The van der Waals surface area contributed by atoms with E-state index >= 15 is 0 Å². The van der Waals surface area contributed by atoms with Gasteiger partial charge in [-0.1, -0.05) is 17.7 Å². The molecule has 0 bridgehead atoms. The van der Waals surface area contributed by atoms with E-state index < -0.39 is 5.97 Å². The first-order valence-corrected chi connectivity index (χ1v) is 5.65. The van der Waals surface area contributed by atoms with Crippen LogP contribution in [-0.2, 0) is 4.79 Å². The van der Waals surface area contributed by atoms with Crippen LogP contribution >= 0.6 is 11.6 Å². The minimum absolute atomic E-state index is 0.0717. The quantitative estimate of drug-likeness (QED) is 0.849. The third-order valence-corrected chi connectivity index (χ3v) is 2.96. The Labute approximate surface area is 105 Å². The molecule has 0 saturated carbocycles. The lowest BCUT2D eigenvalue weighted by atomic mass is 9.89. The van der Waals surface area contributed by atoms with E-state index in [4.69, 9.17) is 27.2 Å². The van der Waals surface area contributed by atoms with Crippen molar-refractivity contribution in [1.29, 1.82) is 0 Å². The second-order valence-corrected chi connectivity index (χ2v) is 4.33. The Balaban J connectivity index is 3.21. The fourth-order valence-corrected chi connectivity index (χ4v) is 2.10. The molecule has 0 aliphatic heterocycles. The summed E-state index contributed by atoms with van der Waals surface area (Å²) in [5.74, 6) is -0.702. The summed E-state index contributed by atoms with van der Waals surface area (Å²) in [6.07, 6.45) is -0.0717. The molecule has 0 saturated heterocycles. The Hall–Kier alpha value is -1.26. The third kappa shape index (κ3) is 3.35. The predicted molar refractivity (Wildman–Crippen MR) is 66.6 cm³/mol. The number of carbonyl (C=O) groups is 1. The van der Waals surface area contributed by atoms with Crippen molar-refractivity contribution in [2.24, 2.45) is 5.73 Å². The Bertz CT molecular complexity index is 407. The summed E-state index contributed by atoms with van der Waals surface area (Å²) in [5, 5.41) is 9.39. The Morgan fingerprint density at radius 3 is 2.71 bits per heavy atom. The van der Waals surface area contributed by atoms with Crippen LogP contribution < -0.4 is 10.5 Å². The molecular weight excluding hydrogens is 242 g/mol. The van der Waals surface area contributed by atoms with Crippen LogP contribution in [0.25, 0.3) is 0 Å². The number of ether oxygens (including phenoxy) is 1. The largest absolute Gasteiger partial charge is 0.496 e. The fraction of sp³-hybridized carbons (Fsp3) is 0.417. The van der Waals surface area contributed by atoms with Gasteiger partial charge in [-0.25, -0.2) is 0 Å². The Kier molecular flexibility index (Phi) is 4.78. The number of nitrogens with two attached hydrogens (primary N) is 1. The van der Waals surface area contributed by atoms with Crippen LogP contribution in [0.4, 0.5) is 0 Å². The van der Waals surface area contributed by atoms with Gasteiger partial charge in [-0.15, -0.1) is 0 Å². The molecule has 0 aliphatic rings. The van der Waals surface area contributed by atoms with Gasteiger partial charge in [-0.3, -0.25) is 4.79 Å². The predicted octanol–water partition coefficient (Wildman–Crippen LogP) is 2.25. The van der Waals surface area contributed by atoms with Crippen molar-refractivity contribution < 1.29 is 14.6 Å². The first-order valence-electron chi connectivity index (χ1n) is 5.27. The van der Waals surface area contributed by atoms with Gasteiger partial charge in [0.1, 0.15) is 5.75 Å². The molecule has 4 nitrogen and oxygen atoms in total. The summed E-state index contributed by atoms with van der Waals surface area (Å²) in [6, 6.07) is 4.89. The third-order valence-electron chi connectivity index (χ3n) is 2.63. The molecule has 0 aromatic heterocycles. The Morgan fingerprint density at radius 1 is 1.59 bits per heavy atom. The second kappa shape index (κ2) is 5.89. The normalized spacial score (nSPS) is 14.1. The van der Waals surface area contributed by atoms with E-state index in [2.05, 4.69) is 0 Å². The molecule has 5 heteroatoms. The zero-order valence-corrected chi connectivity index (χ0v) is 10.6. The van der Waals surface area contributed by atoms with Gasteiger partial charge in [-0.2, -0.15) is 0 Å². The molecule has 1 aromatic rings.